The Balaban J connectivity index is 1.54. The number of carbonyl (C=O) groups is 1. The largest absolute Gasteiger partial charge is 0.355 e. The Kier molecular flexibility index (Phi) is 5.05. The molecule has 1 fully saturated rings. The summed E-state index contributed by atoms with van der Waals surface area (Å²) >= 11 is 0. The highest BCUT2D eigenvalue weighted by atomic mass is 16.1. The molecule has 1 aliphatic rings. The first-order valence-corrected chi connectivity index (χ1v) is 9.85. The number of aromatic nitrogens is 2. The molecular weight excluding hydrogens is 350 g/mol. The second-order valence-electron chi connectivity index (χ2n) is 7.66. The summed E-state index contributed by atoms with van der Waals surface area (Å²) < 4.78 is 2.12. The van der Waals surface area contributed by atoms with Gasteiger partial charge in [0.2, 0.25) is 0 Å². The Bertz CT molecular complexity index is 968. The predicted molar refractivity (Wildman–Crippen MR) is 113 cm³/mol. The lowest BCUT2D eigenvalue weighted by atomic mass is 10.2. The molecule has 0 saturated carbocycles. The van der Waals surface area contributed by atoms with Gasteiger partial charge in [-0.2, -0.15) is 0 Å². The number of piperazine rings is 1. The van der Waals surface area contributed by atoms with Crippen molar-refractivity contribution in [3.63, 3.8) is 0 Å². The first kappa shape index (κ1) is 18.5. The highest BCUT2D eigenvalue weighted by Gasteiger charge is 2.21. The average molecular weight is 377 g/mol. The molecule has 4 rings (SSSR count). The molecule has 146 valence electrons. The highest BCUT2D eigenvalue weighted by Crippen LogP contribution is 2.22. The van der Waals surface area contributed by atoms with Crippen molar-refractivity contribution in [1.82, 2.24) is 14.3 Å². The Morgan fingerprint density at radius 1 is 1.04 bits per heavy atom. The van der Waals surface area contributed by atoms with Crippen LogP contribution in [0, 0.1) is 6.92 Å². The molecule has 3 aromatic rings. The minimum atomic E-state index is -0.128. The molecule has 0 unspecified atom stereocenters. The number of carbonyl (C=O) groups excluding carboxylic acids is 1. The molecule has 1 amide bonds. The van der Waals surface area contributed by atoms with Crippen LogP contribution in [0.25, 0.3) is 5.52 Å². The van der Waals surface area contributed by atoms with Crippen molar-refractivity contribution in [2.45, 2.75) is 26.8 Å². The zero-order chi connectivity index (χ0) is 19.7. The third kappa shape index (κ3) is 3.73. The molecule has 28 heavy (non-hydrogen) atoms. The van der Waals surface area contributed by atoms with Crippen molar-refractivity contribution in [2.75, 3.05) is 36.4 Å². The van der Waals surface area contributed by atoms with Gasteiger partial charge >= 0.3 is 0 Å². The number of nitrogens with one attached hydrogen (secondary N) is 1. The van der Waals surface area contributed by atoms with Gasteiger partial charge in [-0.15, -0.1) is 0 Å². The minimum Gasteiger partial charge on any atom is -0.355 e. The maximum absolute atomic E-state index is 12.7. The Morgan fingerprint density at radius 3 is 2.46 bits per heavy atom. The van der Waals surface area contributed by atoms with Gasteiger partial charge in [-0.05, 0) is 57.2 Å². The van der Waals surface area contributed by atoms with E-state index in [1.807, 2.05) is 37.4 Å². The molecule has 0 aromatic carbocycles. The lowest BCUT2D eigenvalue weighted by Gasteiger charge is -2.37. The molecule has 0 bridgehead atoms. The van der Waals surface area contributed by atoms with Crippen molar-refractivity contribution in [3.8, 4) is 0 Å². The van der Waals surface area contributed by atoms with Gasteiger partial charge in [0.05, 0.1) is 17.4 Å². The van der Waals surface area contributed by atoms with E-state index in [1.165, 1.54) is 0 Å². The normalized spacial score (nSPS) is 15.4. The molecule has 0 spiro atoms. The molecule has 6 heteroatoms. The first-order valence-electron chi connectivity index (χ1n) is 9.85. The monoisotopic (exact) mass is 377 g/mol. The van der Waals surface area contributed by atoms with E-state index < -0.39 is 0 Å². The van der Waals surface area contributed by atoms with E-state index in [4.69, 9.17) is 0 Å². The van der Waals surface area contributed by atoms with E-state index in [9.17, 15) is 4.79 Å². The lowest BCUT2D eigenvalue weighted by molar-refractivity contribution is 0.102. The quantitative estimate of drug-likeness (QED) is 0.757. The number of amides is 1. The Morgan fingerprint density at radius 2 is 1.79 bits per heavy atom. The molecule has 0 aliphatic carbocycles. The molecule has 0 atom stereocenters. The number of hydrogen-bond acceptors (Lipinski definition) is 4. The fourth-order valence-corrected chi connectivity index (χ4v) is 3.69. The van der Waals surface area contributed by atoms with Crippen molar-refractivity contribution >= 4 is 22.9 Å². The van der Waals surface area contributed by atoms with Crippen LogP contribution >= 0.6 is 0 Å². The van der Waals surface area contributed by atoms with Gasteiger partial charge in [-0.1, -0.05) is 0 Å². The van der Waals surface area contributed by atoms with Crippen molar-refractivity contribution in [1.29, 1.82) is 0 Å². The van der Waals surface area contributed by atoms with E-state index in [0.717, 1.165) is 43.2 Å². The van der Waals surface area contributed by atoms with Crippen LogP contribution in [0.4, 0.5) is 11.5 Å². The number of anilines is 2. The molecule has 1 N–H and O–H groups in total. The van der Waals surface area contributed by atoms with E-state index >= 15 is 0 Å². The summed E-state index contributed by atoms with van der Waals surface area (Å²) in [5, 5.41) is 2.92. The van der Waals surface area contributed by atoms with Crippen molar-refractivity contribution in [2.24, 2.45) is 0 Å². The van der Waals surface area contributed by atoms with E-state index in [0.29, 0.717) is 17.3 Å². The topological polar surface area (TPSA) is 52.9 Å². The lowest BCUT2D eigenvalue weighted by Crippen LogP contribution is -2.49. The van der Waals surface area contributed by atoms with Gasteiger partial charge in [0.25, 0.3) is 5.91 Å². The summed E-state index contributed by atoms with van der Waals surface area (Å²) in [4.78, 5) is 21.8. The summed E-state index contributed by atoms with van der Waals surface area (Å²) in [6, 6.07) is 12.5. The number of nitrogens with zero attached hydrogens (tertiary/aromatic N) is 4. The van der Waals surface area contributed by atoms with Crippen LogP contribution < -0.4 is 10.2 Å². The van der Waals surface area contributed by atoms with Crippen molar-refractivity contribution < 1.29 is 4.79 Å². The van der Waals surface area contributed by atoms with Crippen LogP contribution in [0.1, 0.15) is 29.9 Å². The molecule has 3 aromatic heterocycles. The zero-order valence-electron chi connectivity index (χ0n) is 16.7. The minimum absolute atomic E-state index is 0.128. The summed E-state index contributed by atoms with van der Waals surface area (Å²) in [7, 11) is 0. The summed E-state index contributed by atoms with van der Waals surface area (Å²) in [5.74, 6) is 1.02. The van der Waals surface area contributed by atoms with Gasteiger partial charge in [0.1, 0.15) is 5.82 Å². The van der Waals surface area contributed by atoms with Crippen LogP contribution in [0.3, 0.4) is 0 Å². The predicted octanol–water partition coefficient (Wildman–Crippen LogP) is 3.43. The van der Waals surface area contributed by atoms with E-state index in [1.54, 1.807) is 6.20 Å². The standard InChI is InChI=1S/C22H27N5O/c1-16(2)25-10-12-26(13-11-25)21-9-8-20-7-5-18(15-27(20)21)22(28)24-19-6-4-17(3)23-14-19/h4-9,14-16H,10-13H2,1-3H3,(H,24,28). The van der Waals surface area contributed by atoms with Gasteiger partial charge in [0, 0.05) is 49.6 Å². The second-order valence-corrected chi connectivity index (χ2v) is 7.66. The SMILES string of the molecule is Cc1ccc(NC(=O)c2ccc3ccc(N4CCN(C(C)C)CC4)n3c2)cn1. The molecule has 4 heterocycles. The summed E-state index contributed by atoms with van der Waals surface area (Å²) in [5.41, 5.74) is 3.35. The highest BCUT2D eigenvalue weighted by molar-refractivity contribution is 6.04. The molecular formula is C22H27N5O. The van der Waals surface area contributed by atoms with Gasteiger partial charge in [-0.3, -0.25) is 14.7 Å². The Labute approximate surface area is 165 Å². The summed E-state index contributed by atoms with van der Waals surface area (Å²) in [6.07, 6.45) is 3.61. The third-order valence-corrected chi connectivity index (χ3v) is 5.43. The second kappa shape index (κ2) is 7.64. The smallest absolute Gasteiger partial charge is 0.257 e. The van der Waals surface area contributed by atoms with Crippen LogP contribution in [0.2, 0.25) is 0 Å². The van der Waals surface area contributed by atoms with E-state index in [-0.39, 0.29) is 5.91 Å². The third-order valence-electron chi connectivity index (χ3n) is 5.43. The van der Waals surface area contributed by atoms with Crippen LogP contribution in [-0.4, -0.2) is 52.4 Å². The van der Waals surface area contributed by atoms with Crippen molar-refractivity contribution in [3.05, 3.63) is 60.0 Å². The van der Waals surface area contributed by atoms with Crippen LogP contribution in [-0.2, 0) is 0 Å². The number of aryl methyl sites for hydroxylation is 1. The van der Waals surface area contributed by atoms with Gasteiger partial charge in [-0.25, -0.2) is 0 Å². The molecule has 6 nitrogen and oxygen atoms in total. The number of pyridine rings is 2. The first-order chi connectivity index (χ1) is 13.5. The maximum atomic E-state index is 12.7. The van der Waals surface area contributed by atoms with E-state index in [2.05, 4.69) is 50.5 Å². The fourth-order valence-electron chi connectivity index (χ4n) is 3.69. The number of fused-ring (bicyclic) bond motifs is 1. The van der Waals surface area contributed by atoms with Crippen LogP contribution in [0.5, 0.6) is 0 Å². The average Bonchev–Trinajstić information content (AvgIpc) is 3.13. The summed E-state index contributed by atoms with van der Waals surface area (Å²) in [6.45, 7) is 10.5. The Hall–Kier alpha value is -2.86. The number of hydrogen-bond donors (Lipinski definition) is 1. The van der Waals surface area contributed by atoms with Crippen LogP contribution in [0.15, 0.2) is 48.8 Å². The fraction of sp³-hybridized carbons (Fsp3) is 0.364. The van der Waals surface area contributed by atoms with Gasteiger partial charge < -0.3 is 14.6 Å². The molecule has 0 radical (unpaired) electrons. The van der Waals surface area contributed by atoms with Gasteiger partial charge in [0.15, 0.2) is 0 Å². The zero-order valence-corrected chi connectivity index (χ0v) is 16.7. The molecule has 1 saturated heterocycles. The molecule has 1 aliphatic heterocycles. The maximum Gasteiger partial charge on any atom is 0.257 e. The number of rotatable bonds is 4.